The van der Waals surface area contributed by atoms with Gasteiger partial charge in [-0.15, -0.1) is 0 Å². The third kappa shape index (κ3) is 4.36. The number of amides is 1. The van der Waals surface area contributed by atoms with Crippen LogP contribution in [0.25, 0.3) is 11.4 Å². The number of halogens is 1. The first-order valence-electron chi connectivity index (χ1n) is 9.67. The quantitative estimate of drug-likeness (QED) is 0.624. The largest absolute Gasteiger partial charge is 0.353 e. The Bertz CT molecular complexity index is 1100. The maximum absolute atomic E-state index is 13.0. The molecule has 0 spiro atoms. The number of rotatable bonds is 4. The molecule has 1 fully saturated rings. The van der Waals surface area contributed by atoms with E-state index in [0.717, 1.165) is 36.0 Å². The molecule has 10 heteroatoms. The molecule has 3 heterocycles. The first-order chi connectivity index (χ1) is 14.4. The van der Waals surface area contributed by atoms with Gasteiger partial charge >= 0.3 is 0 Å². The normalized spacial score (nSPS) is 14.2. The van der Waals surface area contributed by atoms with Crippen LogP contribution in [0.2, 0.25) is 5.02 Å². The summed E-state index contributed by atoms with van der Waals surface area (Å²) in [7, 11) is 0. The van der Waals surface area contributed by atoms with E-state index in [2.05, 4.69) is 25.1 Å². The van der Waals surface area contributed by atoms with Crippen LogP contribution in [0, 0.1) is 18.6 Å². The predicted molar refractivity (Wildman–Crippen MR) is 118 cm³/mol. The highest BCUT2D eigenvalue weighted by molar-refractivity contribution is 7.71. The van der Waals surface area contributed by atoms with Gasteiger partial charge in [0, 0.05) is 48.5 Å². The van der Waals surface area contributed by atoms with E-state index < -0.39 is 0 Å². The molecule has 0 aliphatic carbocycles. The molecule has 0 radical (unpaired) electrons. The maximum Gasteiger partial charge on any atom is 0.242 e. The fraction of sp³-hybridized carbons (Fsp3) is 0.350. The summed E-state index contributed by atoms with van der Waals surface area (Å²) >= 11 is 11.3. The number of hydrogen-bond acceptors (Lipinski definition) is 6. The van der Waals surface area contributed by atoms with Crippen molar-refractivity contribution in [3.8, 4) is 11.4 Å². The highest BCUT2D eigenvalue weighted by atomic mass is 35.5. The number of nitrogens with one attached hydrogen (secondary N) is 1. The molecule has 1 aliphatic heterocycles. The molecule has 156 valence electrons. The second-order valence-electron chi connectivity index (χ2n) is 7.23. The lowest BCUT2D eigenvalue weighted by atomic mass is 10.2. The second kappa shape index (κ2) is 8.53. The number of H-pyrrole nitrogens is 1. The van der Waals surface area contributed by atoms with E-state index in [-0.39, 0.29) is 12.5 Å². The number of anilines is 1. The smallest absolute Gasteiger partial charge is 0.242 e. The van der Waals surface area contributed by atoms with E-state index in [4.69, 9.17) is 23.8 Å². The number of piperazine rings is 1. The van der Waals surface area contributed by atoms with E-state index in [1.165, 1.54) is 0 Å². The summed E-state index contributed by atoms with van der Waals surface area (Å²) in [5.74, 6) is 2.30. The average Bonchev–Trinajstić information content (AvgIpc) is 3.08. The van der Waals surface area contributed by atoms with Crippen LogP contribution < -0.4 is 4.90 Å². The van der Waals surface area contributed by atoms with Crippen molar-refractivity contribution in [2.75, 3.05) is 31.1 Å². The molecule has 1 N–H and O–H groups in total. The van der Waals surface area contributed by atoms with E-state index in [1.807, 2.05) is 36.9 Å². The third-order valence-electron chi connectivity index (χ3n) is 5.06. The highest BCUT2D eigenvalue weighted by Gasteiger charge is 2.23. The Labute approximate surface area is 184 Å². The molecule has 0 saturated carbocycles. The van der Waals surface area contributed by atoms with E-state index >= 15 is 0 Å². The summed E-state index contributed by atoms with van der Waals surface area (Å²) in [6, 6.07) is 9.28. The first kappa shape index (κ1) is 20.5. The molecule has 0 bridgehead atoms. The highest BCUT2D eigenvalue weighted by Crippen LogP contribution is 2.21. The number of carbonyl (C=O) groups is 1. The number of hydrogen-bond donors (Lipinski definition) is 1. The van der Waals surface area contributed by atoms with Gasteiger partial charge in [-0.3, -0.25) is 14.5 Å². The number of carbonyl (C=O) groups excluding carboxylic acids is 1. The van der Waals surface area contributed by atoms with Crippen LogP contribution in [0.15, 0.2) is 30.3 Å². The van der Waals surface area contributed by atoms with Crippen molar-refractivity contribution in [1.29, 1.82) is 0 Å². The van der Waals surface area contributed by atoms with Crippen LogP contribution in [0.1, 0.15) is 11.5 Å². The third-order valence-corrected chi connectivity index (χ3v) is 5.63. The van der Waals surface area contributed by atoms with Gasteiger partial charge in [-0.25, -0.2) is 9.97 Å². The van der Waals surface area contributed by atoms with E-state index in [9.17, 15) is 4.79 Å². The van der Waals surface area contributed by atoms with Crippen LogP contribution >= 0.6 is 23.8 Å². The molecule has 0 unspecified atom stereocenters. The molecule has 1 aliphatic rings. The van der Waals surface area contributed by atoms with Gasteiger partial charge in [0.2, 0.25) is 5.91 Å². The van der Waals surface area contributed by atoms with Crippen molar-refractivity contribution < 1.29 is 4.79 Å². The zero-order chi connectivity index (χ0) is 21.3. The van der Waals surface area contributed by atoms with Gasteiger partial charge in [0.25, 0.3) is 0 Å². The number of aromatic amines is 1. The minimum absolute atomic E-state index is 0.0115. The standard InChI is InChI=1S/C20H22ClN7OS/c1-13-11-17(23-14(2)22-13)26-7-9-27(10-8-26)18(29)12-28-19(24-25-20(28)30)15-3-5-16(21)6-4-15/h3-6,11H,7-10,12H2,1-2H3,(H,25,30). The van der Waals surface area contributed by atoms with Gasteiger partial charge in [0.1, 0.15) is 18.2 Å². The van der Waals surface area contributed by atoms with Crippen LogP contribution in [-0.4, -0.2) is 61.7 Å². The van der Waals surface area contributed by atoms with Crippen LogP contribution in [0.4, 0.5) is 5.82 Å². The van der Waals surface area contributed by atoms with Gasteiger partial charge in [0.15, 0.2) is 10.6 Å². The zero-order valence-electron chi connectivity index (χ0n) is 16.8. The summed E-state index contributed by atoms with van der Waals surface area (Å²) in [6.45, 7) is 6.70. The van der Waals surface area contributed by atoms with E-state index in [0.29, 0.717) is 28.7 Å². The molecule has 30 heavy (non-hydrogen) atoms. The summed E-state index contributed by atoms with van der Waals surface area (Å²) in [5, 5.41) is 7.72. The Morgan fingerprint density at radius 3 is 2.50 bits per heavy atom. The van der Waals surface area contributed by atoms with Gasteiger partial charge in [0.05, 0.1) is 0 Å². The fourth-order valence-electron chi connectivity index (χ4n) is 3.56. The van der Waals surface area contributed by atoms with Crippen molar-refractivity contribution in [1.82, 2.24) is 29.6 Å². The summed E-state index contributed by atoms with van der Waals surface area (Å²) in [6.07, 6.45) is 0. The molecular weight excluding hydrogens is 422 g/mol. The Hall–Kier alpha value is -2.78. The van der Waals surface area contributed by atoms with Crippen LogP contribution in [0.5, 0.6) is 0 Å². The molecular formula is C20H22ClN7OS. The lowest BCUT2D eigenvalue weighted by Crippen LogP contribution is -2.50. The molecule has 3 aromatic rings. The van der Waals surface area contributed by atoms with Gasteiger partial charge in [-0.05, 0) is 50.3 Å². The second-order valence-corrected chi connectivity index (χ2v) is 8.05. The van der Waals surface area contributed by atoms with Gasteiger partial charge < -0.3 is 9.80 Å². The number of aromatic nitrogens is 5. The molecule has 8 nitrogen and oxygen atoms in total. The Balaban J connectivity index is 1.44. The molecule has 1 aromatic carbocycles. The van der Waals surface area contributed by atoms with Crippen molar-refractivity contribution in [3.63, 3.8) is 0 Å². The minimum atomic E-state index is 0.0115. The van der Waals surface area contributed by atoms with Crippen LogP contribution in [-0.2, 0) is 11.3 Å². The maximum atomic E-state index is 13.0. The van der Waals surface area contributed by atoms with E-state index in [1.54, 1.807) is 16.7 Å². The topological polar surface area (TPSA) is 82.9 Å². The Morgan fingerprint density at radius 1 is 1.13 bits per heavy atom. The molecule has 0 atom stereocenters. The first-order valence-corrected chi connectivity index (χ1v) is 10.5. The van der Waals surface area contributed by atoms with Crippen molar-refractivity contribution in [2.45, 2.75) is 20.4 Å². The Kier molecular flexibility index (Phi) is 5.83. The summed E-state index contributed by atoms with van der Waals surface area (Å²) in [5.41, 5.74) is 1.79. The summed E-state index contributed by atoms with van der Waals surface area (Å²) in [4.78, 5) is 25.9. The predicted octanol–water partition coefficient (Wildman–Crippen LogP) is 3.02. The SMILES string of the molecule is Cc1cc(N2CCN(C(=O)Cn3c(-c4ccc(Cl)cc4)n[nH]c3=S)CC2)nc(C)n1. The van der Waals surface area contributed by atoms with Crippen molar-refractivity contribution in [3.05, 3.63) is 51.6 Å². The molecule has 1 amide bonds. The summed E-state index contributed by atoms with van der Waals surface area (Å²) < 4.78 is 2.14. The fourth-order valence-corrected chi connectivity index (χ4v) is 3.89. The van der Waals surface area contributed by atoms with Crippen molar-refractivity contribution in [2.24, 2.45) is 0 Å². The average molecular weight is 444 g/mol. The van der Waals surface area contributed by atoms with Gasteiger partial charge in [-0.1, -0.05) is 11.6 Å². The zero-order valence-corrected chi connectivity index (χ0v) is 18.4. The molecule has 2 aromatic heterocycles. The lowest BCUT2D eigenvalue weighted by molar-refractivity contribution is -0.132. The number of aryl methyl sites for hydroxylation is 2. The minimum Gasteiger partial charge on any atom is -0.353 e. The molecule has 1 saturated heterocycles. The van der Waals surface area contributed by atoms with Crippen LogP contribution in [0.3, 0.4) is 0 Å². The number of benzene rings is 1. The monoisotopic (exact) mass is 443 g/mol. The lowest BCUT2D eigenvalue weighted by Gasteiger charge is -2.35. The van der Waals surface area contributed by atoms with Gasteiger partial charge in [-0.2, -0.15) is 5.10 Å². The molecule has 4 rings (SSSR count). The Morgan fingerprint density at radius 2 is 1.83 bits per heavy atom. The van der Waals surface area contributed by atoms with Crippen molar-refractivity contribution >= 4 is 35.5 Å². The number of nitrogens with zero attached hydrogens (tertiary/aromatic N) is 6.